The molecule has 0 heterocycles. The number of ether oxygens (including phenoxy) is 1. The molecule has 146 valence electrons. The highest BCUT2D eigenvalue weighted by Gasteiger charge is 2.28. The monoisotopic (exact) mass is 409 g/mol. The van der Waals surface area contributed by atoms with Crippen LogP contribution in [0.25, 0.3) is 0 Å². The molecule has 0 N–H and O–H groups in total. The molecule has 3 aromatic carbocycles. The Balaban J connectivity index is 1.96. The second-order valence-corrected chi connectivity index (χ2v) is 6.75. The average Bonchev–Trinajstić information content (AvgIpc) is 2.72. The van der Waals surface area contributed by atoms with Gasteiger partial charge in [-0.15, -0.1) is 0 Å². The number of nitrogens with zero attached hydrogens (tertiary/aromatic N) is 1. The molecule has 0 amide bonds. The highest BCUT2D eigenvalue weighted by molar-refractivity contribution is 6.33. The van der Waals surface area contributed by atoms with Crippen LogP contribution in [0.4, 0.5) is 5.69 Å². The maximum absolute atomic E-state index is 13.1. The van der Waals surface area contributed by atoms with Crippen molar-refractivity contribution in [1.29, 1.82) is 0 Å². The van der Waals surface area contributed by atoms with Crippen LogP contribution in [-0.2, 0) is 4.74 Å². The Morgan fingerprint density at radius 3 is 2.28 bits per heavy atom. The smallest absolute Gasteiger partial charge is 0.340 e. The summed E-state index contributed by atoms with van der Waals surface area (Å²) in [5, 5.41) is 11.0. The number of ketones is 1. The molecule has 3 rings (SSSR count). The highest BCUT2D eigenvalue weighted by atomic mass is 35.5. The molecule has 0 radical (unpaired) electrons. The number of hydrogen-bond acceptors (Lipinski definition) is 5. The molecule has 0 aliphatic heterocycles. The van der Waals surface area contributed by atoms with Crippen molar-refractivity contribution >= 4 is 29.0 Å². The van der Waals surface area contributed by atoms with Crippen LogP contribution in [0.1, 0.15) is 37.9 Å². The first kappa shape index (κ1) is 20.2. The fraction of sp³-hybridized carbons (Fsp3) is 0.0909. The van der Waals surface area contributed by atoms with Gasteiger partial charge in [0.2, 0.25) is 5.78 Å². The van der Waals surface area contributed by atoms with Crippen molar-refractivity contribution in [3.8, 4) is 0 Å². The molecule has 0 aliphatic carbocycles. The summed E-state index contributed by atoms with van der Waals surface area (Å²) in [5.41, 5.74) is 1.36. The first-order valence-electron chi connectivity index (χ1n) is 8.67. The molecule has 0 saturated carbocycles. The molecule has 0 aromatic heterocycles. The number of Topliss-reactive ketones (excluding diaryl/α,β-unsaturated/α-hetero) is 1. The van der Waals surface area contributed by atoms with Gasteiger partial charge >= 0.3 is 5.97 Å². The number of halogens is 1. The number of nitro benzene ring substituents is 1. The quantitative estimate of drug-likeness (QED) is 0.237. The van der Waals surface area contributed by atoms with Crippen molar-refractivity contribution < 1.29 is 19.2 Å². The number of nitro groups is 1. The van der Waals surface area contributed by atoms with Gasteiger partial charge < -0.3 is 4.74 Å². The number of aryl methyl sites for hydroxylation is 1. The summed E-state index contributed by atoms with van der Waals surface area (Å²) in [7, 11) is 0. The molecule has 7 heteroatoms. The van der Waals surface area contributed by atoms with Crippen LogP contribution in [0.3, 0.4) is 0 Å². The zero-order valence-electron chi connectivity index (χ0n) is 15.4. The summed E-state index contributed by atoms with van der Waals surface area (Å²) >= 11 is 6.03. The van der Waals surface area contributed by atoms with Gasteiger partial charge in [0.25, 0.3) is 5.69 Å². The molecule has 0 fully saturated rings. The molecule has 1 atom stereocenters. The molecule has 29 heavy (non-hydrogen) atoms. The minimum absolute atomic E-state index is 0.00445. The second-order valence-electron chi connectivity index (χ2n) is 6.35. The highest BCUT2D eigenvalue weighted by Crippen LogP contribution is 2.28. The number of benzene rings is 3. The van der Waals surface area contributed by atoms with Gasteiger partial charge in [0, 0.05) is 23.3 Å². The lowest BCUT2D eigenvalue weighted by atomic mass is 9.99. The number of rotatable bonds is 6. The molecule has 0 saturated heterocycles. The molecule has 0 aliphatic rings. The van der Waals surface area contributed by atoms with Crippen molar-refractivity contribution in [3.05, 3.63) is 110 Å². The van der Waals surface area contributed by atoms with Crippen LogP contribution in [0.2, 0.25) is 5.02 Å². The lowest BCUT2D eigenvalue weighted by Crippen LogP contribution is -2.20. The number of carbonyl (C=O) groups excluding carboxylic acids is 2. The number of esters is 1. The van der Waals surface area contributed by atoms with E-state index in [2.05, 4.69) is 0 Å². The summed E-state index contributed by atoms with van der Waals surface area (Å²) in [6.45, 7) is 1.90. The third kappa shape index (κ3) is 4.67. The summed E-state index contributed by atoms with van der Waals surface area (Å²) in [6, 6.07) is 18.9. The number of non-ortho nitro benzene ring substituents is 1. The summed E-state index contributed by atoms with van der Waals surface area (Å²) in [4.78, 5) is 36.2. The first-order chi connectivity index (χ1) is 13.9. The van der Waals surface area contributed by atoms with Crippen LogP contribution >= 0.6 is 11.6 Å². The molecule has 3 aromatic rings. The lowest BCUT2D eigenvalue weighted by molar-refractivity contribution is -0.384. The van der Waals surface area contributed by atoms with Gasteiger partial charge in [0.05, 0.1) is 15.5 Å². The summed E-state index contributed by atoms with van der Waals surface area (Å²) < 4.78 is 5.49. The van der Waals surface area contributed by atoms with E-state index in [9.17, 15) is 19.7 Å². The fourth-order valence-electron chi connectivity index (χ4n) is 2.72. The molecular weight excluding hydrogens is 394 g/mol. The van der Waals surface area contributed by atoms with Crippen molar-refractivity contribution in [1.82, 2.24) is 0 Å². The van der Waals surface area contributed by atoms with Crippen LogP contribution in [-0.4, -0.2) is 16.7 Å². The largest absolute Gasteiger partial charge is 0.445 e. The normalized spacial score (nSPS) is 11.5. The van der Waals surface area contributed by atoms with Crippen LogP contribution in [0, 0.1) is 17.0 Å². The molecule has 0 unspecified atom stereocenters. The van der Waals surface area contributed by atoms with Gasteiger partial charge in [0.15, 0.2) is 6.10 Å². The van der Waals surface area contributed by atoms with E-state index in [0.717, 1.165) is 11.6 Å². The van der Waals surface area contributed by atoms with Gasteiger partial charge in [-0.3, -0.25) is 14.9 Å². The third-order valence-corrected chi connectivity index (χ3v) is 4.61. The fourth-order valence-corrected chi connectivity index (χ4v) is 2.92. The van der Waals surface area contributed by atoms with Gasteiger partial charge in [-0.25, -0.2) is 4.79 Å². The maximum atomic E-state index is 13.1. The molecule has 6 nitrogen and oxygen atoms in total. The number of carbonyl (C=O) groups is 2. The predicted molar refractivity (Wildman–Crippen MR) is 108 cm³/mol. The van der Waals surface area contributed by atoms with Gasteiger partial charge in [-0.05, 0) is 13.0 Å². The Labute approximate surface area is 171 Å². The zero-order valence-corrected chi connectivity index (χ0v) is 16.1. The first-order valence-corrected chi connectivity index (χ1v) is 9.05. The van der Waals surface area contributed by atoms with Gasteiger partial charge in [-0.1, -0.05) is 71.8 Å². The van der Waals surface area contributed by atoms with Crippen molar-refractivity contribution in [2.45, 2.75) is 13.0 Å². The van der Waals surface area contributed by atoms with E-state index in [4.69, 9.17) is 16.3 Å². The topological polar surface area (TPSA) is 86.5 Å². The number of hydrogen-bond donors (Lipinski definition) is 0. The van der Waals surface area contributed by atoms with Crippen molar-refractivity contribution in [2.24, 2.45) is 0 Å². The van der Waals surface area contributed by atoms with E-state index in [-0.39, 0.29) is 16.3 Å². The Morgan fingerprint density at radius 2 is 1.66 bits per heavy atom. The zero-order chi connectivity index (χ0) is 21.0. The third-order valence-electron chi connectivity index (χ3n) is 4.28. The van der Waals surface area contributed by atoms with Crippen LogP contribution in [0.15, 0.2) is 72.8 Å². The van der Waals surface area contributed by atoms with E-state index in [1.807, 2.05) is 6.92 Å². The average molecular weight is 410 g/mol. The molecule has 0 spiro atoms. The Morgan fingerprint density at radius 1 is 1.00 bits per heavy atom. The van der Waals surface area contributed by atoms with E-state index in [1.165, 1.54) is 12.1 Å². The van der Waals surface area contributed by atoms with E-state index < -0.39 is 22.8 Å². The lowest BCUT2D eigenvalue weighted by Gasteiger charge is -2.18. The van der Waals surface area contributed by atoms with Crippen LogP contribution in [0.5, 0.6) is 0 Å². The van der Waals surface area contributed by atoms with Gasteiger partial charge in [-0.2, -0.15) is 0 Å². The van der Waals surface area contributed by atoms with E-state index >= 15 is 0 Å². The Bertz CT molecular complexity index is 1060. The predicted octanol–water partition coefficient (Wildman–Crippen LogP) is 5.34. The molecular formula is C22H16ClNO5. The van der Waals surface area contributed by atoms with Crippen LogP contribution < -0.4 is 0 Å². The maximum Gasteiger partial charge on any atom is 0.340 e. The minimum Gasteiger partial charge on any atom is -0.445 e. The van der Waals surface area contributed by atoms with Crippen molar-refractivity contribution in [3.63, 3.8) is 0 Å². The van der Waals surface area contributed by atoms with Gasteiger partial charge in [0.1, 0.15) is 0 Å². The van der Waals surface area contributed by atoms with Crippen molar-refractivity contribution in [2.75, 3.05) is 0 Å². The standard InChI is InChI=1S/C22H16ClNO5/c1-14-7-9-15(10-8-14)20(25)21(16-5-3-2-4-6-16)29-22(26)18-13-17(24(27)28)11-12-19(18)23/h2-13,21H,1H3/t21-/m0/s1. The van der Waals surface area contributed by atoms with E-state index in [0.29, 0.717) is 11.1 Å². The van der Waals surface area contributed by atoms with E-state index in [1.54, 1.807) is 54.6 Å². The second kappa shape index (κ2) is 8.67. The minimum atomic E-state index is -1.22. The Kier molecular flexibility index (Phi) is 6.04. The summed E-state index contributed by atoms with van der Waals surface area (Å²) in [5.74, 6) is -1.33. The SMILES string of the molecule is Cc1ccc(C(=O)[C@@H](OC(=O)c2cc([N+](=O)[O-])ccc2Cl)c2ccccc2)cc1. The summed E-state index contributed by atoms with van der Waals surface area (Å²) in [6.07, 6.45) is -1.22. The Hall–Kier alpha value is -3.51. The molecule has 0 bridgehead atoms.